The molecule has 1 unspecified atom stereocenters. The molecule has 0 spiro atoms. The molecule has 1 aliphatic rings. The molecule has 0 radical (unpaired) electrons. The van der Waals surface area contributed by atoms with Gasteiger partial charge in [0.2, 0.25) is 5.54 Å². The van der Waals surface area contributed by atoms with Crippen molar-refractivity contribution in [3.63, 3.8) is 0 Å². The van der Waals surface area contributed by atoms with Gasteiger partial charge >= 0.3 is 12.2 Å². The van der Waals surface area contributed by atoms with Crippen molar-refractivity contribution in [2.45, 2.75) is 11.7 Å². The summed E-state index contributed by atoms with van der Waals surface area (Å²) >= 11 is 0. The lowest BCUT2D eigenvalue weighted by molar-refractivity contribution is -0.234. The minimum atomic E-state index is -4.74. The molecule has 2 heterocycles. The Morgan fingerprint density at radius 1 is 1.42 bits per heavy atom. The number of halogens is 3. The highest BCUT2D eigenvalue weighted by molar-refractivity contribution is 5.73. The number of urea groups is 1. The summed E-state index contributed by atoms with van der Waals surface area (Å²) in [6.45, 7) is -0.454. The Labute approximate surface area is 106 Å². The number of piperazine rings is 1. The molecule has 1 aromatic heterocycles. The van der Waals surface area contributed by atoms with E-state index in [-0.39, 0.29) is 13.1 Å². The highest BCUT2D eigenvalue weighted by atomic mass is 19.4. The molecule has 1 fully saturated rings. The quantitative estimate of drug-likeness (QED) is 0.767. The van der Waals surface area contributed by atoms with Crippen molar-refractivity contribution in [3.05, 3.63) is 24.3 Å². The topological polar surface area (TPSA) is 84.1 Å². The summed E-state index contributed by atoms with van der Waals surface area (Å²) in [7, 11) is 0. The molecule has 2 rings (SSSR count). The van der Waals surface area contributed by atoms with Crippen LogP contribution in [-0.2, 0) is 5.54 Å². The second-order valence-corrected chi connectivity index (χ2v) is 4.10. The average molecular weight is 275 g/mol. The average Bonchev–Trinajstić information content (AvgIpc) is 2.38. The zero-order valence-electron chi connectivity index (χ0n) is 9.81. The third-order valence-corrected chi connectivity index (χ3v) is 3.02. The lowest BCUT2D eigenvalue weighted by Gasteiger charge is -2.45. The molecule has 0 aromatic carbocycles. The summed E-state index contributed by atoms with van der Waals surface area (Å²) in [5.74, 6) is -0.492. The predicted octanol–water partition coefficient (Wildman–Crippen LogP) is 0.218. The molecule has 19 heavy (non-hydrogen) atoms. The van der Waals surface area contributed by atoms with E-state index in [0.29, 0.717) is 4.90 Å². The first kappa shape index (κ1) is 13.5. The van der Waals surface area contributed by atoms with Crippen LogP contribution in [0.25, 0.3) is 0 Å². The van der Waals surface area contributed by atoms with Gasteiger partial charge in [-0.25, -0.2) is 14.8 Å². The normalized spacial score (nSPS) is 24.3. The Bertz CT molecular complexity index is 466. The van der Waals surface area contributed by atoms with Crippen molar-refractivity contribution < 1.29 is 18.0 Å². The van der Waals surface area contributed by atoms with E-state index < -0.39 is 30.1 Å². The van der Waals surface area contributed by atoms with Crippen LogP contribution in [0.3, 0.4) is 0 Å². The van der Waals surface area contributed by atoms with Crippen molar-refractivity contribution in [3.8, 4) is 0 Å². The summed E-state index contributed by atoms with van der Waals surface area (Å²) in [5, 5.41) is 2.62. The second kappa shape index (κ2) is 4.65. The Balaban J connectivity index is 2.60. The summed E-state index contributed by atoms with van der Waals surface area (Å²) in [5.41, 5.74) is 2.45. The molecule has 1 aromatic rings. The number of hydrogen-bond acceptors (Lipinski definition) is 4. The minimum absolute atomic E-state index is 0.160. The zero-order valence-corrected chi connectivity index (χ0v) is 9.81. The molecule has 1 saturated heterocycles. The fourth-order valence-corrected chi connectivity index (χ4v) is 2.14. The van der Waals surface area contributed by atoms with Crippen LogP contribution >= 0.6 is 0 Å². The predicted molar refractivity (Wildman–Crippen MR) is 58.9 cm³/mol. The van der Waals surface area contributed by atoms with E-state index in [4.69, 9.17) is 5.73 Å². The Kier molecular flexibility index (Phi) is 3.31. The van der Waals surface area contributed by atoms with E-state index in [1.165, 1.54) is 18.5 Å². The first-order valence-corrected chi connectivity index (χ1v) is 5.51. The molecular formula is C10H12F3N5O. The SMILES string of the molecule is NC(=O)N1CCNCC1(c1ncccn1)C(F)(F)F. The zero-order chi connectivity index (χ0) is 14.1. The summed E-state index contributed by atoms with van der Waals surface area (Å²) in [4.78, 5) is 19.2. The lowest BCUT2D eigenvalue weighted by atomic mass is 9.92. The number of rotatable bonds is 1. The van der Waals surface area contributed by atoms with Gasteiger partial charge in [0.15, 0.2) is 5.82 Å². The van der Waals surface area contributed by atoms with Crippen LogP contribution in [0, 0.1) is 0 Å². The fourth-order valence-electron chi connectivity index (χ4n) is 2.14. The van der Waals surface area contributed by atoms with Crippen LogP contribution in [0.15, 0.2) is 18.5 Å². The minimum Gasteiger partial charge on any atom is -0.351 e. The second-order valence-electron chi connectivity index (χ2n) is 4.10. The van der Waals surface area contributed by atoms with E-state index in [2.05, 4.69) is 15.3 Å². The van der Waals surface area contributed by atoms with Crippen LogP contribution < -0.4 is 11.1 Å². The molecule has 0 bridgehead atoms. The standard InChI is InChI=1S/C10H12F3N5O/c11-10(12,13)9(7-16-2-1-3-17-7)6-15-4-5-18(9)8(14)19/h1-3,15H,4-6H2,(H2,14,19). The van der Waals surface area contributed by atoms with Gasteiger partial charge in [-0.3, -0.25) is 0 Å². The third kappa shape index (κ3) is 2.09. The number of hydrogen-bond donors (Lipinski definition) is 2. The number of nitrogens with one attached hydrogen (secondary N) is 1. The molecule has 0 saturated carbocycles. The molecule has 2 amide bonds. The third-order valence-electron chi connectivity index (χ3n) is 3.02. The highest BCUT2D eigenvalue weighted by Gasteiger charge is 2.63. The summed E-state index contributed by atoms with van der Waals surface area (Å²) < 4.78 is 40.6. The van der Waals surface area contributed by atoms with Crippen LogP contribution in [0.5, 0.6) is 0 Å². The number of primary amides is 1. The maximum atomic E-state index is 13.5. The molecular weight excluding hydrogens is 263 g/mol. The number of carbonyl (C=O) groups excluding carboxylic acids is 1. The van der Waals surface area contributed by atoms with Gasteiger partial charge in [0.05, 0.1) is 0 Å². The van der Waals surface area contributed by atoms with Crippen molar-refractivity contribution >= 4 is 6.03 Å². The maximum absolute atomic E-state index is 13.5. The summed E-state index contributed by atoms with van der Waals surface area (Å²) in [6.07, 6.45) is -2.34. The van der Waals surface area contributed by atoms with Gasteiger partial charge < -0.3 is 16.0 Å². The van der Waals surface area contributed by atoms with Crippen molar-refractivity contribution in [2.75, 3.05) is 19.6 Å². The molecule has 0 aliphatic carbocycles. The molecule has 1 aliphatic heterocycles. The van der Waals surface area contributed by atoms with E-state index in [1.807, 2.05) is 0 Å². The molecule has 3 N–H and O–H groups in total. The van der Waals surface area contributed by atoms with Gasteiger partial charge in [0, 0.05) is 32.0 Å². The van der Waals surface area contributed by atoms with Crippen LogP contribution in [0.2, 0.25) is 0 Å². The number of nitrogens with two attached hydrogens (primary N) is 1. The van der Waals surface area contributed by atoms with Gasteiger partial charge in [0.1, 0.15) is 0 Å². The summed E-state index contributed by atoms with van der Waals surface area (Å²) in [6, 6.07) is 0.254. The maximum Gasteiger partial charge on any atom is 0.420 e. The van der Waals surface area contributed by atoms with Crippen LogP contribution in [0.4, 0.5) is 18.0 Å². The highest BCUT2D eigenvalue weighted by Crippen LogP contribution is 2.42. The smallest absolute Gasteiger partial charge is 0.351 e. The molecule has 6 nitrogen and oxygen atoms in total. The van der Waals surface area contributed by atoms with Gasteiger partial charge in [-0.2, -0.15) is 13.2 Å². The Hall–Kier alpha value is -1.90. The fraction of sp³-hybridized carbons (Fsp3) is 0.500. The number of nitrogens with zero attached hydrogens (tertiary/aromatic N) is 3. The van der Waals surface area contributed by atoms with Crippen LogP contribution in [0.1, 0.15) is 5.82 Å². The first-order valence-electron chi connectivity index (χ1n) is 5.51. The van der Waals surface area contributed by atoms with Gasteiger partial charge in [0.25, 0.3) is 0 Å². The number of aromatic nitrogens is 2. The van der Waals surface area contributed by atoms with Gasteiger partial charge in [-0.15, -0.1) is 0 Å². The van der Waals surface area contributed by atoms with E-state index >= 15 is 0 Å². The number of amides is 2. The lowest BCUT2D eigenvalue weighted by Crippen LogP contribution is -2.68. The molecule has 104 valence electrons. The van der Waals surface area contributed by atoms with Crippen molar-refractivity contribution in [2.24, 2.45) is 5.73 Å². The van der Waals surface area contributed by atoms with E-state index in [1.54, 1.807) is 0 Å². The van der Waals surface area contributed by atoms with E-state index in [9.17, 15) is 18.0 Å². The first-order chi connectivity index (χ1) is 8.89. The number of carbonyl (C=O) groups is 1. The van der Waals surface area contributed by atoms with E-state index in [0.717, 1.165) is 0 Å². The molecule has 9 heteroatoms. The van der Waals surface area contributed by atoms with Crippen molar-refractivity contribution in [1.82, 2.24) is 20.2 Å². The monoisotopic (exact) mass is 275 g/mol. The Morgan fingerprint density at radius 2 is 2.05 bits per heavy atom. The molecule has 1 atom stereocenters. The largest absolute Gasteiger partial charge is 0.420 e. The van der Waals surface area contributed by atoms with Crippen molar-refractivity contribution in [1.29, 1.82) is 0 Å². The van der Waals surface area contributed by atoms with Gasteiger partial charge in [-0.05, 0) is 6.07 Å². The van der Waals surface area contributed by atoms with Gasteiger partial charge in [-0.1, -0.05) is 0 Å². The van der Waals surface area contributed by atoms with Crippen LogP contribution in [-0.4, -0.2) is 46.7 Å². The number of alkyl halides is 3. The Morgan fingerprint density at radius 3 is 2.58 bits per heavy atom.